The van der Waals surface area contributed by atoms with Crippen molar-refractivity contribution < 1.29 is 17.9 Å². The first-order valence-electron chi connectivity index (χ1n) is 9.09. The van der Waals surface area contributed by atoms with Crippen molar-refractivity contribution in [3.63, 3.8) is 0 Å². The second kappa shape index (κ2) is 7.98. The standard InChI is InChI=1S/C22H17F3N4O/c1-29-13-19(16-8-10-26-11-9-16)21(28-29)30-14-15-2-4-17(5-3-15)20-7-6-18(12-27-20)22(23,24)25/h2-13H,14H2,1H3. The summed E-state index contributed by atoms with van der Waals surface area (Å²) in [6.07, 6.45) is 1.74. The van der Waals surface area contributed by atoms with Crippen LogP contribution in [-0.2, 0) is 19.8 Å². The van der Waals surface area contributed by atoms with E-state index in [-0.39, 0.29) is 0 Å². The SMILES string of the molecule is Cn1cc(-c2ccncc2)c(OCc2ccc(-c3ccc(C(F)(F)F)cn3)cc2)n1. The first-order valence-corrected chi connectivity index (χ1v) is 9.09. The molecule has 4 rings (SSSR count). The van der Waals surface area contributed by atoms with Crippen molar-refractivity contribution >= 4 is 0 Å². The minimum atomic E-state index is -4.40. The molecule has 1 aromatic carbocycles. The third-order valence-electron chi connectivity index (χ3n) is 4.50. The van der Waals surface area contributed by atoms with Crippen LogP contribution >= 0.6 is 0 Å². The number of rotatable bonds is 5. The number of nitrogens with zero attached hydrogens (tertiary/aromatic N) is 4. The van der Waals surface area contributed by atoms with Crippen LogP contribution in [0, 0.1) is 0 Å². The fourth-order valence-electron chi connectivity index (χ4n) is 2.96. The minimum absolute atomic E-state index is 0.301. The molecule has 0 N–H and O–H groups in total. The molecule has 0 saturated heterocycles. The van der Waals surface area contributed by atoms with E-state index in [0.717, 1.165) is 34.5 Å². The number of benzene rings is 1. The Morgan fingerprint density at radius 1 is 0.933 bits per heavy atom. The minimum Gasteiger partial charge on any atom is -0.471 e. The number of ether oxygens (including phenoxy) is 1. The van der Waals surface area contributed by atoms with E-state index in [1.165, 1.54) is 6.07 Å². The summed E-state index contributed by atoms with van der Waals surface area (Å²) in [6, 6.07) is 13.5. The van der Waals surface area contributed by atoms with Gasteiger partial charge in [0, 0.05) is 37.4 Å². The van der Waals surface area contributed by atoms with E-state index in [0.29, 0.717) is 18.2 Å². The molecule has 0 aliphatic heterocycles. The lowest BCUT2D eigenvalue weighted by Gasteiger charge is -2.08. The summed E-state index contributed by atoms with van der Waals surface area (Å²) in [4.78, 5) is 7.94. The number of hydrogen-bond donors (Lipinski definition) is 0. The summed E-state index contributed by atoms with van der Waals surface area (Å²) in [5.41, 5.74) is 3.15. The van der Waals surface area contributed by atoms with Crippen molar-refractivity contribution in [2.45, 2.75) is 12.8 Å². The Labute approximate surface area is 170 Å². The van der Waals surface area contributed by atoms with Crippen LogP contribution in [0.1, 0.15) is 11.1 Å². The molecule has 0 radical (unpaired) electrons. The van der Waals surface area contributed by atoms with Crippen LogP contribution in [0.5, 0.6) is 5.88 Å². The maximum Gasteiger partial charge on any atom is 0.417 e. The summed E-state index contributed by atoms with van der Waals surface area (Å²) in [7, 11) is 1.82. The first-order chi connectivity index (χ1) is 14.4. The van der Waals surface area contributed by atoms with Crippen LogP contribution in [0.3, 0.4) is 0 Å². The number of aromatic nitrogens is 4. The van der Waals surface area contributed by atoms with Crippen molar-refractivity contribution in [3.8, 4) is 28.3 Å². The van der Waals surface area contributed by atoms with Gasteiger partial charge < -0.3 is 4.74 Å². The fourth-order valence-corrected chi connectivity index (χ4v) is 2.96. The molecule has 5 nitrogen and oxygen atoms in total. The Bertz CT molecular complexity index is 1120. The van der Waals surface area contributed by atoms with Crippen molar-refractivity contribution in [1.82, 2.24) is 19.7 Å². The van der Waals surface area contributed by atoms with Gasteiger partial charge in [0.15, 0.2) is 0 Å². The highest BCUT2D eigenvalue weighted by atomic mass is 19.4. The highest BCUT2D eigenvalue weighted by Crippen LogP contribution is 2.30. The summed E-state index contributed by atoms with van der Waals surface area (Å²) in [5.74, 6) is 0.511. The number of halogens is 3. The normalized spacial score (nSPS) is 11.5. The van der Waals surface area contributed by atoms with Gasteiger partial charge >= 0.3 is 6.18 Å². The van der Waals surface area contributed by atoms with Crippen LogP contribution in [0.25, 0.3) is 22.4 Å². The van der Waals surface area contributed by atoms with Gasteiger partial charge in [-0.25, -0.2) is 0 Å². The molecular formula is C22H17F3N4O. The Morgan fingerprint density at radius 3 is 2.30 bits per heavy atom. The van der Waals surface area contributed by atoms with Gasteiger partial charge in [0.1, 0.15) is 6.61 Å². The lowest BCUT2D eigenvalue weighted by molar-refractivity contribution is -0.137. The van der Waals surface area contributed by atoms with Crippen molar-refractivity contribution in [2.75, 3.05) is 0 Å². The van der Waals surface area contributed by atoms with E-state index >= 15 is 0 Å². The summed E-state index contributed by atoms with van der Waals surface area (Å²) >= 11 is 0. The van der Waals surface area contributed by atoms with E-state index in [9.17, 15) is 13.2 Å². The average molecular weight is 410 g/mol. The van der Waals surface area contributed by atoms with Gasteiger partial charge in [0.25, 0.3) is 0 Å². The van der Waals surface area contributed by atoms with E-state index in [1.807, 2.05) is 37.5 Å². The van der Waals surface area contributed by atoms with Crippen LogP contribution in [0.15, 0.2) is 73.3 Å². The number of aryl methyl sites for hydroxylation is 1. The van der Waals surface area contributed by atoms with Gasteiger partial charge in [-0.15, -0.1) is 5.10 Å². The van der Waals surface area contributed by atoms with Gasteiger partial charge in [-0.3, -0.25) is 14.6 Å². The summed E-state index contributed by atoms with van der Waals surface area (Å²) in [5, 5.41) is 4.37. The van der Waals surface area contributed by atoms with Crippen LogP contribution in [0.2, 0.25) is 0 Å². The fraction of sp³-hybridized carbons (Fsp3) is 0.136. The van der Waals surface area contributed by atoms with Crippen LogP contribution in [0.4, 0.5) is 13.2 Å². The van der Waals surface area contributed by atoms with Gasteiger partial charge in [-0.1, -0.05) is 24.3 Å². The van der Waals surface area contributed by atoms with E-state index in [2.05, 4.69) is 15.1 Å². The topological polar surface area (TPSA) is 52.8 Å². The molecule has 0 aliphatic rings. The molecule has 0 fully saturated rings. The second-order valence-corrected chi connectivity index (χ2v) is 6.67. The predicted octanol–water partition coefficient (Wildman–Crippen LogP) is 5.14. The summed E-state index contributed by atoms with van der Waals surface area (Å²) < 4.78 is 45.6. The van der Waals surface area contributed by atoms with Crippen LogP contribution in [-0.4, -0.2) is 19.7 Å². The molecule has 8 heteroatoms. The van der Waals surface area contributed by atoms with E-state index < -0.39 is 11.7 Å². The Morgan fingerprint density at radius 2 is 1.67 bits per heavy atom. The molecule has 4 aromatic rings. The van der Waals surface area contributed by atoms with Gasteiger partial charge in [0.05, 0.1) is 16.8 Å². The number of hydrogen-bond acceptors (Lipinski definition) is 4. The molecule has 0 atom stereocenters. The lowest BCUT2D eigenvalue weighted by Crippen LogP contribution is -2.05. The van der Waals surface area contributed by atoms with Crippen LogP contribution < -0.4 is 4.74 Å². The molecule has 0 unspecified atom stereocenters. The molecule has 3 aromatic heterocycles. The van der Waals surface area contributed by atoms with E-state index in [1.54, 1.807) is 29.2 Å². The smallest absolute Gasteiger partial charge is 0.417 e. The Kier molecular flexibility index (Phi) is 5.22. The third kappa shape index (κ3) is 4.32. The lowest BCUT2D eigenvalue weighted by atomic mass is 10.1. The predicted molar refractivity (Wildman–Crippen MR) is 105 cm³/mol. The molecule has 0 bridgehead atoms. The summed E-state index contributed by atoms with van der Waals surface area (Å²) in [6.45, 7) is 0.301. The molecule has 0 saturated carbocycles. The largest absolute Gasteiger partial charge is 0.471 e. The number of alkyl halides is 3. The van der Waals surface area contributed by atoms with E-state index in [4.69, 9.17) is 4.74 Å². The molecule has 0 aliphatic carbocycles. The van der Waals surface area contributed by atoms with Crippen molar-refractivity contribution in [1.29, 1.82) is 0 Å². The Hall–Kier alpha value is -3.68. The average Bonchev–Trinajstić information content (AvgIpc) is 3.13. The van der Waals surface area contributed by atoms with Gasteiger partial charge in [-0.05, 0) is 35.4 Å². The zero-order valence-electron chi connectivity index (χ0n) is 16.0. The molecule has 3 heterocycles. The van der Waals surface area contributed by atoms with Gasteiger partial charge in [-0.2, -0.15) is 13.2 Å². The molecule has 152 valence electrons. The molecular weight excluding hydrogens is 393 g/mol. The molecule has 0 amide bonds. The zero-order valence-corrected chi connectivity index (χ0v) is 16.0. The molecule has 0 spiro atoms. The maximum absolute atomic E-state index is 12.7. The molecule has 30 heavy (non-hydrogen) atoms. The highest BCUT2D eigenvalue weighted by molar-refractivity contribution is 5.67. The maximum atomic E-state index is 12.7. The Balaban J connectivity index is 1.46. The van der Waals surface area contributed by atoms with Crippen molar-refractivity contribution in [3.05, 3.63) is 84.4 Å². The third-order valence-corrected chi connectivity index (χ3v) is 4.50. The van der Waals surface area contributed by atoms with Crippen molar-refractivity contribution in [2.24, 2.45) is 7.05 Å². The van der Waals surface area contributed by atoms with Gasteiger partial charge in [0.2, 0.25) is 5.88 Å². The first kappa shape index (κ1) is 19.6. The quantitative estimate of drug-likeness (QED) is 0.457. The number of pyridine rings is 2. The highest BCUT2D eigenvalue weighted by Gasteiger charge is 2.30. The monoisotopic (exact) mass is 410 g/mol. The zero-order chi connectivity index (χ0) is 21.1. The second-order valence-electron chi connectivity index (χ2n) is 6.67.